The SMILES string of the molecule is FCCCN1CC(=Cc2ccc(C3=C(c4cc(C(F)(F)F)ccc4Cl)CCCc4ccccc43)cc2)C1. The fraction of sp³-hybridized carbons (Fsp3) is 0.290. The summed E-state index contributed by atoms with van der Waals surface area (Å²) < 4.78 is 53.2. The van der Waals surface area contributed by atoms with E-state index >= 15 is 0 Å². The topological polar surface area (TPSA) is 3.24 Å². The minimum absolute atomic E-state index is 0.288. The number of alkyl halides is 4. The molecule has 5 rings (SSSR count). The number of likely N-dealkylation sites (tertiary alicyclic amines) is 1. The van der Waals surface area contributed by atoms with Gasteiger partial charge in [-0.15, -0.1) is 0 Å². The standard InChI is InChI=1S/C31H28ClF4N/c32-29-14-13-25(31(34,35)36)18-28(29)27-8-3-6-23-5-1-2-7-26(23)30(27)24-11-9-21(10-12-24)17-22-19-37(20-22)16-4-15-33/h1-2,5,7,9-14,17-18H,3-4,6,8,15-16,19-20H2. The van der Waals surface area contributed by atoms with E-state index in [0.717, 1.165) is 66.4 Å². The molecule has 1 heterocycles. The van der Waals surface area contributed by atoms with Gasteiger partial charge in [0.15, 0.2) is 0 Å². The number of hydrogen-bond donors (Lipinski definition) is 0. The summed E-state index contributed by atoms with van der Waals surface area (Å²) in [6.07, 6.45) is 0.591. The molecule has 0 unspecified atom stereocenters. The summed E-state index contributed by atoms with van der Waals surface area (Å²) in [5.41, 5.74) is 7.09. The fourth-order valence-corrected chi connectivity index (χ4v) is 5.53. The van der Waals surface area contributed by atoms with Gasteiger partial charge in [0.05, 0.1) is 12.2 Å². The highest BCUT2D eigenvalue weighted by Crippen LogP contribution is 2.43. The van der Waals surface area contributed by atoms with Crippen molar-refractivity contribution in [2.45, 2.75) is 31.9 Å². The van der Waals surface area contributed by atoms with Crippen LogP contribution in [0.2, 0.25) is 5.02 Å². The van der Waals surface area contributed by atoms with E-state index in [1.165, 1.54) is 23.3 Å². The highest BCUT2D eigenvalue weighted by Gasteiger charge is 2.32. The smallest absolute Gasteiger partial charge is 0.295 e. The van der Waals surface area contributed by atoms with E-state index in [9.17, 15) is 17.6 Å². The van der Waals surface area contributed by atoms with Crippen LogP contribution in [0.5, 0.6) is 0 Å². The van der Waals surface area contributed by atoms with E-state index in [1.54, 1.807) is 0 Å². The molecule has 0 bridgehead atoms. The second kappa shape index (κ2) is 10.8. The Labute approximate surface area is 220 Å². The summed E-state index contributed by atoms with van der Waals surface area (Å²) in [4.78, 5) is 2.22. The number of hydrogen-bond acceptors (Lipinski definition) is 1. The Kier molecular flexibility index (Phi) is 7.55. The average Bonchev–Trinajstić information content (AvgIpc) is 3.05. The van der Waals surface area contributed by atoms with Crippen LogP contribution < -0.4 is 0 Å². The van der Waals surface area contributed by atoms with Gasteiger partial charge in [0, 0.05) is 24.7 Å². The van der Waals surface area contributed by atoms with Crippen molar-refractivity contribution < 1.29 is 17.6 Å². The molecule has 1 fully saturated rings. The second-order valence-electron chi connectivity index (χ2n) is 9.73. The number of benzene rings is 3. The molecule has 0 spiro atoms. The predicted octanol–water partition coefficient (Wildman–Crippen LogP) is 8.71. The molecule has 1 aliphatic heterocycles. The van der Waals surface area contributed by atoms with Crippen LogP contribution in [-0.2, 0) is 12.6 Å². The Bertz CT molecular complexity index is 1330. The third-order valence-electron chi connectivity index (χ3n) is 7.11. The molecule has 0 N–H and O–H groups in total. The molecule has 0 radical (unpaired) electrons. The van der Waals surface area contributed by atoms with E-state index < -0.39 is 11.7 Å². The van der Waals surface area contributed by atoms with Crippen LogP contribution >= 0.6 is 11.6 Å². The molecule has 0 amide bonds. The normalized spacial score (nSPS) is 16.3. The van der Waals surface area contributed by atoms with Crippen LogP contribution in [0.3, 0.4) is 0 Å². The van der Waals surface area contributed by atoms with E-state index in [4.69, 9.17) is 11.6 Å². The molecule has 37 heavy (non-hydrogen) atoms. The third-order valence-corrected chi connectivity index (χ3v) is 7.44. The van der Waals surface area contributed by atoms with Crippen molar-refractivity contribution in [1.29, 1.82) is 0 Å². The molecular formula is C31H28ClF4N. The van der Waals surface area contributed by atoms with E-state index in [0.29, 0.717) is 23.4 Å². The van der Waals surface area contributed by atoms with Crippen LogP contribution in [-0.4, -0.2) is 31.2 Å². The third kappa shape index (κ3) is 5.68. The number of allylic oxidation sites excluding steroid dienone is 1. The molecule has 3 aromatic rings. The molecular weight excluding hydrogens is 498 g/mol. The lowest BCUT2D eigenvalue weighted by atomic mass is 9.87. The fourth-order valence-electron chi connectivity index (χ4n) is 5.30. The number of nitrogens with zero attached hydrogens (tertiary/aromatic N) is 1. The molecule has 0 saturated carbocycles. The Morgan fingerprint density at radius 2 is 1.65 bits per heavy atom. The van der Waals surface area contributed by atoms with Gasteiger partial charge < -0.3 is 0 Å². The molecule has 0 aromatic heterocycles. The average molecular weight is 526 g/mol. The van der Waals surface area contributed by atoms with Gasteiger partial charge in [-0.05, 0) is 88.4 Å². The molecule has 6 heteroatoms. The Hall–Kier alpha value is -2.89. The van der Waals surface area contributed by atoms with Crippen LogP contribution in [0, 0.1) is 0 Å². The summed E-state index contributed by atoms with van der Waals surface area (Å²) in [6, 6.07) is 19.9. The van der Waals surface area contributed by atoms with E-state index in [1.807, 2.05) is 30.3 Å². The molecule has 3 aromatic carbocycles. The Morgan fingerprint density at radius 3 is 2.38 bits per heavy atom. The van der Waals surface area contributed by atoms with Gasteiger partial charge in [0.2, 0.25) is 0 Å². The molecule has 192 valence electrons. The van der Waals surface area contributed by atoms with Crippen LogP contribution in [0.4, 0.5) is 17.6 Å². The predicted molar refractivity (Wildman–Crippen MR) is 143 cm³/mol. The minimum atomic E-state index is -4.44. The highest BCUT2D eigenvalue weighted by atomic mass is 35.5. The zero-order chi connectivity index (χ0) is 26.0. The summed E-state index contributed by atoms with van der Waals surface area (Å²) in [5, 5.41) is 0.323. The first kappa shape index (κ1) is 25.7. The zero-order valence-electron chi connectivity index (χ0n) is 20.4. The van der Waals surface area contributed by atoms with Gasteiger partial charge in [0.25, 0.3) is 0 Å². The summed E-state index contributed by atoms with van der Waals surface area (Å²) in [7, 11) is 0. The van der Waals surface area contributed by atoms with Crippen molar-refractivity contribution in [2.24, 2.45) is 0 Å². The van der Waals surface area contributed by atoms with Crippen molar-refractivity contribution in [1.82, 2.24) is 4.90 Å². The van der Waals surface area contributed by atoms with Gasteiger partial charge in [-0.25, -0.2) is 0 Å². The van der Waals surface area contributed by atoms with Crippen molar-refractivity contribution in [2.75, 3.05) is 26.3 Å². The number of rotatable bonds is 6. The first-order valence-corrected chi connectivity index (χ1v) is 13.0. The maximum atomic E-state index is 13.6. The second-order valence-corrected chi connectivity index (χ2v) is 10.1. The number of fused-ring (bicyclic) bond motifs is 1. The van der Waals surface area contributed by atoms with Gasteiger partial charge in [-0.2, -0.15) is 13.2 Å². The van der Waals surface area contributed by atoms with Crippen LogP contribution in [0.25, 0.3) is 17.2 Å². The van der Waals surface area contributed by atoms with Crippen LogP contribution in [0.1, 0.15) is 52.6 Å². The number of aryl methyl sites for hydroxylation is 1. The summed E-state index contributed by atoms with van der Waals surface area (Å²) in [5.74, 6) is 0. The Morgan fingerprint density at radius 1 is 0.892 bits per heavy atom. The van der Waals surface area contributed by atoms with Crippen molar-refractivity contribution in [3.05, 3.63) is 111 Å². The molecule has 0 atom stereocenters. The van der Waals surface area contributed by atoms with E-state index in [-0.39, 0.29) is 6.67 Å². The lowest BCUT2D eigenvalue weighted by Gasteiger charge is -2.33. The lowest BCUT2D eigenvalue weighted by molar-refractivity contribution is -0.137. The maximum absolute atomic E-state index is 13.6. The minimum Gasteiger partial charge on any atom is -0.295 e. The first-order chi connectivity index (χ1) is 17.8. The largest absolute Gasteiger partial charge is 0.416 e. The first-order valence-electron chi connectivity index (χ1n) is 12.6. The monoisotopic (exact) mass is 525 g/mol. The van der Waals surface area contributed by atoms with Gasteiger partial charge in [0.1, 0.15) is 0 Å². The maximum Gasteiger partial charge on any atom is 0.416 e. The zero-order valence-corrected chi connectivity index (χ0v) is 21.2. The van der Waals surface area contributed by atoms with Gasteiger partial charge in [-0.3, -0.25) is 9.29 Å². The number of halogens is 5. The van der Waals surface area contributed by atoms with Crippen LogP contribution in [0.15, 0.2) is 72.3 Å². The highest BCUT2D eigenvalue weighted by molar-refractivity contribution is 6.32. The van der Waals surface area contributed by atoms with Crippen molar-refractivity contribution in [3.63, 3.8) is 0 Å². The molecule has 2 aliphatic rings. The molecule has 1 saturated heterocycles. The van der Waals surface area contributed by atoms with Crippen molar-refractivity contribution in [3.8, 4) is 0 Å². The summed E-state index contributed by atoms with van der Waals surface area (Å²) >= 11 is 6.53. The van der Waals surface area contributed by atoms with E-state index in [2.05, 4.69) is 29.2 Å². The summed E-state index contributed by atoms with van der Waals surface area (Å²) in [6.45, 7) is 2.21. The Balaban J connectivity index is 1.56. The van der Waals surface area contributed by atoms with Crippen molar-refractivity contribution >= 4 is 28.8 Å². The lowest BCUT2D eigenvalue weighted by Crippen LogP contribution is -2.40. The van der Waals surface area contributed by atoms with Gasteiger partial charge >= 0.3 is 6.18 Å². The quantitative estimate of drug-likeness (QED) is 0.291. The molecule has 1 nitrogen and oxygen atoms in total. The van der Waals surface area contributed by atoms with Gasteiger partial charge in [-0.1, -0.05) is 66.2 Å². The molecule has 1 aliphatic carbocycles.